The van der Waals surface area contributed by atoms with Gasteiger partial charge in [0.05, 0.1) is 18.8 Å². The number of hydrogen-bond acceptors (Lipinski definition) is 4. The molecule has 1 aromatic rings. The number of ether oxygens (including phenoxy) is 1. The average molecular weight is 254 g/mol. The molecule has 0 saturated carbocycles. The summed E-state index contributed by atoms with van der Waals surface area (Å²) in [5.41, 5.74) is 0.964. The molecule has 0 aliphatic heterocycles. The van der Waals surface area contributed by atoms with E-state index < -0.39 is 0 Å². The van der Waals surface area contributed by atoms with E-state index in [1.165, 1.54) is 0 Å². The smallest absolute Gasteiger partial charge is 0.191 e. The van der Waals surface area contributed by atoms with Crippen molar-refractivity contribution in [1.82, 2.24) is 15.8 Å². The van der Waals surface area contributed by atoms with Crippen molar-refractivity contribution in [1.29, 1.82) is 0 Å². The van der Waals surface area contributed by atoms with Crippen molar-refractivity contribution in [2.45, 2.75) is 26.8 Å². The molecule has 18 heavy (non-hydrogen) atoms. The first-order chi connectivity index (χ1) is 8.80. The van der Waals surface area contributed by atoms with Crippen LogP contribution in [0, 0.1) is 0 Å². The lowest BCUT2D eigenvalue weighted by molar-refractivity contribution is 0.152. The molecular formula is C12H22N4O2. The van der Waals surface area contributed by atoms with Gasteiger partial charge in [-0.15, -0.1) is 0 Å². The van der Waals surface area contributed by atoms with E-state index in [1.807, 2.05) is 19.9 Å². The first-order valence-electron chi connectivity index (χ1n) is 6.26. The van der Waals surface area contributed by atoms with Crippen molar-refractivity contribution in [3.8, 4) is 0 Å². The lowest BCUT2D eigenvalue weighted by Crippen LogP contribution is -2.38. The summed E-state index contributed by atoms with van der Waals surface area (Å²) in [5, 5.41) is 10.2. The fourth-order valence-corrected chi connectivity index (χ4v) is 1.38. The lowest BCUT2D eigenvalue weighted by atomic mass is 10.3. The molecule has 2 N–H and O–H groups in total. The molecule has 0 spiro atoms. The zero-order valence-corrected chi connectivity index (χ0v) is 11.3. The van der Waals surface area contributed by atoms with Crippen molar-refractivity contribution in [2.24, 2.45) is 4.99 Å². The Labute approximate surface area is 108 Å². The highest BCUT2D eigenvalue weighted by atomic mass is 16.5. The van der Waals surface area contributed by atoms with Crippen molar-refractivity contribution < 1.29 is 9.26 Å². The number of rotatable bonds is 7. The van der Waals surface area contributed by atoms with Gasteiger partial charge >= 0.3 is 0 Å². The van der Waals surface area contributed by atoms with E-state index in [0.29, 0.717) is 13.2 Å². The molecule has 102 valence electrons. The highest BCUT2D eigenvalue weighted by Gasteiger charge is 2.03. The molecule has 1 aromatic heterocycles. The van der Waals surface area contributed by atoms with Crippen LogP contribution >= 0.6 is 0 Å². The molecule has 0 radical (unpaired) electrons. The van der Waals surface area contributed by atoms with Crippen LogP contribution in [-0.4, -0.2) is 37.9 Å². The molecule has 0 aliphatic rings. The molecule has 6 heteroatoms. The molecule has 1 heterocycles. The van der Waals surface area contributed by atoms with Crippen molar-refractivity contribution in [3.63, 3.8) is 0 Å². The monoisotopic (exact) mass is 254 g/mol. The molecule has 0 fully saturated rings. The number of aromatic nitrogens is 1. The first kappa shape index (κ1) is 14.5. The predicted molar refractivity (Wildman–Crippen MR) is 70.6 cm³/mol. The molecule has 0 atom stereocenters. The molecule has 0 bridgehead atoms. The summed E-state index contributed by atoms with van der Waals surface area (Å²) in [6, 6.07) is 1.94. The van der Waals surface area contributed by atoms with Crippen LogP contribution in [0.4, 0.5) is 0 Å². The van der Waals surface area contributed by atoms with Crippen molar-refractivity contribution >= 4 is 5.96 Å². The van der Waals surface area contributed by atoms with Crippen LogP contribution in [0.3, 0.4) is 0 Å². The summed E-state index contributed by atoms with van der Waals surface area (Å²) >= 11 is 0. The fourth-order valence-electron chi connectivity index (χ4n) is 1.38. The second kappa shape index (κ2) is 8.52. The van der Waals surface area contributed by atoms with Crippen LogP contribution in [0.15, 0.2) is 15.6 Å². The number of aryl methyl sites for hydroxylation is 1. The normalized spacial score (nSPS) is 11.6. The maximum absolute atomic E-state index is 5.24. The van der Waals surface area contributed by atoms with E-state index in [4.69, 9.17) is 9.26 Å². The molecule has 0 unspecified atom stereocenters. The van der Waals surface area contributed by atoms with Gasteiger partial charge in [-0.1, -0.05) is 12.1 Å². The van der Waals surface area contributed by atoms with Gasteiger partial charge in [0.25, 0.3) is 0 Å². The van der Waals surface area contributed by atoms with Crippen LogP contribution in [-0.2, 0) is 17.7 Å². The Balaban J connectivity index is 2.26. The number of nitrogens with zero attached hydrogens (tertiary/aromatic N) is 2. The predicted octanol–water partition coefficient (Wildman–Crippen LogP) is 0.938. The second-order valence-electron chi connectivity index (χ2n) is 3.69. The van der Waals surface area contributed by atoms with Crippen LogP contribution in [0.5, 0.6) is 0 Å². The number of guanidine groups is 1. The summed E-state index contributed by atoms with van der Waals surface area (Å²) in [4.78, 5) is 4.10. The van der Waals surface area contributed by atoms with Crippen LogP contribution in [0.1, 0.15) is 25.3 Å². The van der Waals surface area contributed by atoms with E-state index in [-0.39, 0.29) is 0 Å². The molecular weight excluding hydrogens is 232 g/mol. The van der Waals surface area contributed by atoms with E-state index >= 15 is 0 Å². The summed E-state index contributed by atoms with van der Waals surface area (Å²) in [7, 11) is 1.73. The summed E-state index contributed by atoms with van der Waals surface area (Å²) < 4.78 is 10.4. The molecule has 0 saturated heterocycles. The maximum atomic E-state index is 5.24. The number of hydrogen-bond donors (Lipinski definition) is 2. The first-order valence-corrected chi connectivity index (χ1v) is 6.26. The Bertz CT molecular complexity index is 363. The molecule has 0 aliphatic carbocycles. The van der Waals surface area contributed by atoms with Gasteiger partial charge in [0.2, 0.25) is 0 Å². The molecule has 0 aromatic carbocycles. The Morgan fingerprint density at radius 2 is 2.28 bits per heavy atom. The zero-order chi connectivity index (χ0) is 13.2. The van der Waals surface area contributed by atoms with Crippen LogP contribution < -0.4 is 10.6 Å². The van der Waals surface area contributed by atoms with Crippen LogP contribution in [0.2, 0.25) is 0 Å². The van der Waals surface area contributed by atoms with Gasteiger partial charge in [0, 0.05) is 26.3 Å². The van der Waals surface area contributed by atoms with Gasteiger partial charge in [0.1, 0.15) is 0 Å². The third-order valence-corrected chi connectivity index (χ3v) is 2.37. The minimum atomic E-state index is 0.571. The fraction of sp³-hybridized carbons (Fsp3) is 0.667. The SMILES string of the molecule is CCOCCNC(=NC)NCc1cc(CC)no1. The van der Waals surface area contributed by atoms with E-state index in [9.17, 15) is 0 Å². The van der Waals surface area contributed by atoms with Gasteiger partial charge in [-0.3, -0.25) is 4.99 Å². The summed E-state index contributed by atoms with van der Waals surface area (Å²) in [6.45, 7) is 6.71. The van der Waals surface area contributed by atoms with Crippen molar-refractivity contribution in [2.75, 3.05) is 26.8 Å². The Morgan fingerprint density at radius 3 is 2.89 bits per heavy atom. The highest BCUT2D eigenvalue weighted by Crippen LogP contribution is 2.03. The highest BCUT2D eigenvalue weighted by molar-refractivity contribution is 5.79. The summed E-state index contributed by atoms with van der Waals surface area (Å²) in [6.07, 6.45) is 0.880. The van der Waals surface area contributed by atoms with Crippen molar-refractivity contribution in [3.05, 3.63) is 17.5 Å². The number of nitrogens with one attached hydrogen (secondary N) is 2. The van der Waals surface area contributed by atoms with Gasteiger partial charge in [0.15, 0.2) is 11.7 Å². The van der Waals surface area contributed by atoms with E-state index in [1.54, 1.807) is 7.05 Å². The van der Waals surface area contributed by atoms with Gasteiger partial charge in [-0.05, 0) is 13.3 Å². The van der Waals surface area contributed by atoms with Gasteiger partial charge in [-0.25, -0.2) is 0 Å². The maximum Gasteiger partial charge on any atom is 0.191 e. The largest absolute Gasteiger partial charge is 0.380 e. The quantitative estimate of drug-likeness (QED) is 0.430. The Kier molecular flexibility index (Phi) is 6.86. The van der Waals surface area contributed by atoms with E-state index in [2.05, 4.69) is 20.8 Å². The topological polar surface area (TPSA) is 71.7 Å². The molecule has 6 nitrogen and oxygen atoms in total. The third-order valence-electron chi connectivity index (χ3n) is 2.37. The van der Waals surface area contributed by atoms with Gasteiger partial charge < -0.3 is 19.9 Å². The Morgan fingerprint density at radius 1 is 1.44 bits per heavy atom. The van der Waals surface area contributed by atoms with Crippen LogP contribution in [0.25, 0.3) is 0 Å². The molecule has 1 rings (SSSR count). The van der Waals surface area contributed by atoms with Gasteiger partial charge in [-0.2, -0.15) is 0 Å². The summed E-state index contributed by atoms with van der Waals surface area (Å²) in [5.74, 6) is 1.53. The third kappa shape index (κ3) is 5.18. The number of aliphatic imine (C=N–C) groups is 1. The van der Waals surface area contributed by atoms with E-state index in [0.717, 1.165) is 37.0 Å². The average Bonchev–Trinajstić information content (AvgIpc) is 2.86. The molecule has 0 amide bonds. The zero-order valence-electron chi connectivity index (χ0n) is 11.3. The standard InChI is InChI=1S/C12H22N4O2/c1-4-10-8-11(18-16-10)9-15-12(13-3)14-6-7-17-5-2/h8H,4-7,9H2,1-3H3,(H2,13,14,15). The second-order valence-corrected chi connectivity index (χ2v) is 3.69. The minimum Gasteiger partial charge on any atom is -0.380 e. The Hall–Kier alpha value is -1.56. The lowest BCUT2D eigenvalue weighted by Gasteiger charge is -2.10. The minimum absolute atomic E-state index is 0.571.